The van der Waals surface area contributed by atoms with Crippen LogP contribution in [0.3, 0.4) is 0 Å². The van der Waals surface area contributed by atoms with Gasteiger partial charge in [-0.3, -0.25) is 18.6 Å². The number of allylic oxidation sites excluding steroid dienone is 4. The highest BCUT2D eigenvalue weighted by atomic mass is 31.2. The number of esters is 2. The van der Waals surface area contributed by atoms with E-state index >= 15 is 0 Å². The van der Waals surface area contributed by atoms with Crippen LogP contribution in [-0.4, -0.2) is 98.3 Å². The molecule has 14 heteroatoms. The average molecular weight is 961 g/mol. The number of carbonyl (C=O) groups is 2. The highest BCUT2D eigenvalue weighted by molar-refractivity contribution is 7.47. The minimum Gasteiger partial charge on any atom is -0.462 e. The number of rotatable bonds is 45. The average Bonchev–Trinajstić information content (AvgIpc) is 3.30. The number of phosphoric ester groups is 1. The summed E-state index contributed by atoms with van der Waals surface area (Å²) in [6, 6.07) is 0. The number of aliphatic hydroxyl groups excluding tert-OH is 5. The Labute approximate surface area is 400 Å². The quantitative estimate of drug-likeness (QED) is 0.0145. The second kappa shape index (κ2) is 42.2. The van der Waals surface area contributed by atoms with E-state index in [0.717, 1.165) is 51.4 Å². The molecule has 1 saturated carbocycles. The maximum Gasteiger partial charge on any atom is 0.472 e. The van der Waals surface area contributed by atoms with Crippen LogP contribution in [-0.2, 0) is 32.7 Å². The molecule has 0 aromatic carbocycles. The van der Waals surface area contributed by atoms with Gasteiger partial charge in [0.05, 0.1) is 6.61 Å². The van der Waals surface area contributed by atoms with Crippen molar-refractivity contribution in [3.8, 4) is 0 Å². The first-order valence-corrected chi connectivity index (χ1v) is 28.1. The van der Waals surface area contributed by atoms with Crippen molar-refractivity contribution in [1.29, 1.82) is 0 Å². The molecule has 1 rings (SSSR count). The highest BCUT2D eigenvalue weighted by Gasteiger charge is 2.51. The van der Waals surface area contributed by atoms with E-state index in [1.165, 1.54) is 141 Å². The highest BCUT2D eigenvalue weighted by Crippen LogP contribution is 2.47. The van der Waals surface area contributed by atoms with Crippen molar-refractivity contribution in [1.82, 2.24) is 0 Å². The number of unbranched alkanes of at least 4 members (excludes halogenated alkanes) is 29. The molecule has 1 fully saturated rings. The molecule has 6 unspecified atom stereocenters. The van der Waals surface area contributed by atoms with Gasteiger partial charge in [0.2, 0.25) is 0 Å². The minimum absolute atomic E-state index is 0.0834. The third-order valence-corrected chi connectivity index (χ3v) is 13.5. The molecule has 8 atom stereocenters. The standard InChI is InChI=1S/C52H97O13P/c1-3-5-7-9-11-13-15-17-19-20-21-22-23-24-25-26-27-29-30-32-34-36-38-40-45(53)62-42-44(43-63-66(60,61)65-52-50(58)48(56)47(55)49(57)51(52)59)64-46(54)41-39-37-35-33-31-28-18-16-14-12-10-8-6-4-2/h16,18,32,34,44,47-52,55-59H,3-15,17,19-31,33,35-43H2,1-2H3,(H,60,61)/b18-16+,34-32+/t44-,47?,48-,49?,50?,51?,52?/m0/s1. The van der Waals surface area contributed by atoms with Gasteiger partial charge in [-0.2, -0.15) is 0 Å². The fourth-order valence-corrected chi connectivity index (χ4v) is 9.20. The topological polar surface area (TPSA) is 210 Å². The van der Waals surface area contributed by atoms with Gasteiger partial charge in [-0.1, -0.05) is 192 Å². The van der Waals surface area contributed by atoms with Crippen molar-refractivity contribution in [2.45, 2.75) is 281 Å². The molecule has 0 saturated heterocycles. The Morgan fingerprint density at radius 1 is 0.455 bits per heavy atom. The first kappa shape index (κ1) is 62.3. The van der Waals surface area contributed by atoms with Crippen LogP contribution in [0.15, 0.2) is 24.3 Å². The Hall–Kier alpha value is -1.67. The molecule has 0 spiro atoms. The summed E-state index contributed by atoms with van der Waals surface area (Å²) in [5.74, 6) is -1.14. The predicted octanol–water partition coefficient (Wildman–Crippen LogP) is 11.6. The predicted molar refractivity (Wildman–Crippen MR) is 263 cm³/mol. The fraction of sp³-hybridized carbons (Fsp3) is 0.885. The second-order valence-electron chi connectivity index (χ2n) is 18.7. The molecule has 0 aromatic rings. The van der Waals surface area contributed by atoms with Crippen molar-refractivity contribution >= 4 is 19.8 Å². The van der Waals surface area contributed by atoms with Crippen LogP contribution in [0.1, 0.15) is 239 Å². The Morgan fingerprint density at radius 3 is 1.20 bits per heavy atom. The lowest BCUT2D eigenvalue weighted by molar-refractivity contribution is -0.220. The van der Waals surface area contributed by atoms with Gasteiger partial charge >= 0.3 is 19.8 Å². The van der Waals surface area contributed by atoms with Gasteiger partial charge in [0.15, 0.2) is 6.10 Å². The second-order valence-corrected chi connectivity index (χ2v) is 20.1. The van der Waals surface area contributed by atoms with Gasteiger partial charge in [0, 0.05) is 12.8 Å². The number of hydrogen-bond acceptors (Lipinski definition) is 12. The SMILES string of the molecule is CCCCCCC/C=C/CCCCCCCC(=O)O[C@@H](COC(=O)CCC/C=C/CCCCCCCCCCCCCCCCCCCC)COP(=O)(O)OC1C(O)C(O)C(O)[C@H](O)C1O. The van der Waals surface area contributed by atoms with Crippen molar-refractivity contribution < 1.29 is 63.1 Å². The van der Waals surface area contributed by atoms with Crippen LogP contribution >= 0.6 is 7.82 Å². The van der Waals surface area contributed by atoms with Crippen LogP contribution in [0.25, 0.3) is 0 Å². The molecule has 0 amide bonds. The van der Waals surface area contributed by atoms with E-state index in [9.17, 15) is 44.6 Å². The van der Waals surface area contributed by atoms with Crippen LogP contribution in [0, 0.1) is 0 Å². The smallest absolute Gasteiger partial charge is 0.462 e. The van der Waals surface area contributed by atoms with Crippen molar-refractivity contribution in [2.75, 3.05) is 13.2 Å². The normalized spacial score (nSPS) is 21.4. The Balaban J connectivity index is 2.36. The zero-order valence-electron chi connectivity index (χ0n) is 41.5. The number of phosphoric acid groups is 1. The Bertz CT molecular complexity index is 1250. The lowest BCUT2D eigenvalue weighted by Gasteiger charge is -2.41. The fourth-order valence-electron chi connectivity index (χ4n) is 8.23. The van der Waals surface area contributed by atoms with Gasteiger partial charge in [0.25, 0.3) is 0 Å². The van der Waals surface area contributed by atoms with Crippen LogP contribution in [0.2, 0.25) is 0 Å². The molecule has 66 heavy (non-hydrogen) atoms. The van der Waals surface area contributed by atoms with Gasteiger partial charge in [-0.25, -0.2) is 4.57 Å². The third kappa shape index (κ3) is 33.8. The molecule has 0 bridgehead atoms. The lowest BCUT2D eigenvalue weighted by Crippen LogP contribution is -2.64. The summed E-state index contributed by atoms with van der Waals surface area (Å²) in [6.07, 6.45) is 35.3. The maximum absolute atomic E-state index is 12.8. The molecular weight excluding hydrogens is 864 g/mol. The molecule has 13 nitrogen and oxygen atoms in total. The number of aliphatic hydroxyl groups is 5. The number of carbonyl (C=O) groups excluding carboxylic acids is 2. The third-order valence-electron chi connectivity index (χ3n) is 12.5. The molecule has 388 valence electrons. The van der Waals surface area contributed by atoms with Crippen LogP contribution < -0.4 is 0 Å². The van der Waals surface area contributed by atoms with E-state index < -0.39 is 75.7 Å². The van der Waals surface area contributed by atoms with E-state index in [-0.39, 0.29) is 12.8 Å². The van der Waals surface area contributed by atoms with Gasteiger partial charge in [0.1, 0.15) is 43.2 Å². The zero-order valence-corrected chi connectivity index (χ0v) is 42.4. The van der Waals surface area contributed by atoms with Crippen molar-refractivity contribution in [3.63, 3.8) is 0 Å². The van der Waals surface area contributed by atoms with E-state index in [2.05, 4.69) is 38.2 Å². The summed E-state index contributed by atoms with van der Waals surface area (Å²) in [4.78, 5) is 35.8. The number of hydrogen-bond donors (Lipinski definition) is 6. The summed E-state index contributed by atoms with van der Waals surface area (Å²) in [5.41, 5.74) is 0. The molecule has 0 heterocycles. The largest absolute Gasteiger partial charge is 0.472 e. The molecule has 0 aliphatic heterocycles. The summed E-state index contributed by atoms with van der Waals surface area (Å²) in [5, 5.41) is 50.2. The Morgan fingerprint density at radius 2 is 0.788 bits per heavy atom. The van der Waals surface area contributed by atoms with E-state index in [0.29, 0.717) is 19.3 Å². The van der Waals surface area contributed by atoms with E-state index in [4.69, 9.17) is 18.5 Å². The zero-order chi connectivity index (χ0) is 48.5. The van der Waals surface area contributed by atoms with Gasteiger partial charge in [-0.05, 0) is 57.8 Å². The lowest BCUT2D eigenvalue weighted by atomic mass is 9.85. The molecule has 0 aromatic heterocycles. The van der Waals surface area contributed by atoms with Crippen molar-refractivity contribution in [3.05, 3.63) is 24.3 Å². The Kier molecular flexibility index (Phi) is 39.9. The monoisotopic (exact) mass is 961 g/mol. The van der Waals surface area contributed by atoms with Crippen molar-refractivity contribution in [2.24, 2.45) is 0 Å². The summed E-state index contributed by atoms with van der Waals surface area (Å²) >= 11 is 0. The van der Waals surface area contributed by atoms with Gasteiger partial charge < -0.3 is 39.9 Å². The summed E-state index contributed by atoms with van der Waals surface area (Å²) < 4.78 is 33.6. The first-order chi connectivity index (χ1) is 31.9. The first-order valence-electron chi connectivity index (χ1n) is 26.6. The summed E-state index contributed by atoms with van der Waals surface area (Å²) in [7, 11) is -5.13. The number of ether oxygens (including phenoxy) is 2. The minimum atomic E-state index is -5.13. The van der Waals surface area contributed by atoms with E-state index in [1.54, 1.807) is 0 Å². The molecular formula is C52H97O13P. The van der Waals surface area contributed by atoms with Crippen LogP contribution in [0.5, 0.6) is 0 Å². The maximum atomic E-state index is 12.8. The molecule has 6 N–H and O–H groups in total. The summed E-state index contributed by atoms with van der Waals surface area (Å²) in [6.45, 7) is 3.29. The van der Waals surface area contributed by atoms with Crippen LogP contribution in [0.4, 0.5) is 0 Å². The van der Waals surface area contributed by atoms with E-state index in [1.807, 2.05) is 0 Å². The van der Waals surface area contributed by atoms with Gasteiger partial charge in [-0.15, -0.1) is 0 Å². The molecule has 1 aliphatic rings. The molecule has 1 aliphatic carbocycles. The molecule has 0 radical (unpaired) electrons.